The molecule has 3 rings (SSSR count). The number of nitrogens with zero attached hydrogens (tertiary/aromatic N) is 2. The van der Waals surface area contributed by atoms with E-state index in [2.05, 4.69) is 20.2 Å². The van der Waals surface area contributed by atoms with E-state index in [-0.39, 0.29) is 5.91 Å². The fourth-order valence-electron chi connectivity index (χ4n) is 2.63. The minimum atomic E-state index is 0.117. The second-order valence-electron chi connectivity index (χ2n) is 6.42. The zero-order valence-electron chi connectivity index (χ0n) is 15.1. The van der Waals surface area contributed by atoms with Crippen molar-refractivity contribution in [2.45, 2.75) is 11.3 Å². The van der Waals surface area contributed by atoms with Crippen molar-refractivity contribution in [1.82, 2.24) is 4.98 Å². The summed E-state index contributed by atoms with van der Waals surface area (Å²) >= 11 is 3.17. The molecular formula is C20H24N3OS2+. The summed E-state index contributed by atoms with van der Waals surface area (Å²) in [6.45, 7) is 1.74. The zero-order valence-corrected chi connectivity index (χ0v) is 16.8. The van der Waals surface area contributed by atoms with Gasteiger partial charge in [-0.15, -0.1) is 11.8 Å². The Hall–Kier alpha value is -1.89. The highest BCUT2D eigenvalue weighted by atomic mass is 32.2. The van der Waals surface area contributed by atoms with Gasteiger partial charge in [-0.05, 0) is 24.3 Å². The van der Waals surface area contributed by atoms with Crippen LogP contribution in [0.3, 0.4) is 0 Å². The van der Waals surface area contributed by atoms with E-state index in [0.717, 1.165) is 33.2 Å². The van der Waals surface area contributed by atoms with Crippen LogP contribution in [-0.4, -0.2) is 43.8 Å². The maximum atomic E-state index is 12.9. The Balaban J connectivity index is 1.74. The predicted octanol–water partition coefficient (Wildman–Crippen LogP) is 2.96. The van der Waals surface area contributed by atoms with Crippen molar-refractivity contribution in [2.75, 3.05) is 37.8 Å². The molecule has 3 aromatic rings. The third-order valence-electron chi connectivity index (χ3n) is 3.98. The lowest BCUT2D eigenvalue weighted by Crippen LogP contribution is -3.05. The standard InChI is InChI=1S/C20H23N3OS2/c1-22(2)13-8-14-23(19(24)15-25-16-9-4-3-5-10-16)20-21-17-11-6-7-12-18(17)26-20/h3-7,9-12H,8,13-15H2,1-2H3/p+1. The highest BCUT2D eigenvalue weighted by molar-refractivity contribution is 8.00. The number of nitrogens with one attached hydrogen (secondary N) is 1. The number of amides is 1. The molecule has 0 fully saturated rings. The van der Waals surface area contributed by atoms with Gasteiger partial charge in [0.15, 0.2) is 5.13 Å². The van der Waals surface area contributed by atoms with E-state index in [1.54, 1.807) is 23.1 Å². The van der Waals surface area contributed by atoms with Crippen molar-refractivity contribution < 1.29 is 9.69 Å². The Labute approximate surface area is 162 Å². The van der Waals surface area contributed by atoms with E-state index in [1.165, 1.54) is 4.90 Å². The number of rotatable bonds is 8. The highest BCUT2D eigenvalue weighted by Gasteiger charge is 2.20. The third-order valence-corrected chi connectivity index (χ3v) is 6.03. The number of hydrogen-bond donors (Lipinski definition) is 1. The first-order valence-corrected chi connectivity index (χ1v) is 10.6. The van der Waals surface area contributed by atoms with Crippen molar-refractivity contribution in [3.05, 3.63) is 54.6 Å². The van der Waals surface area contributed by atoms with Crippen LogP contribution in [0.15, 0.2) is 59.5 Å². The van der Waals surface area contributed by atoms with Crippen molar-refractivity contribution in [3.8, 4) is 0 Å². The molecule has 0 saturated carbocycles. The highest BCUT2D eigenvalue weighted by Crippen LogP contribution is 2.29. The monoisotopic (exact) mass is 386 g/mol. The van der Waals surface area contributed by atoms with Crippen LogP contribution in [0, 0.1) is 0 Å². The van der Waals surface area contributed by atoms with Gasteiger partial charge in [0.2, 0.25) is 5.91 Å². The Morgan fingerprint density at radius 2 is 1.85 bits per heavy atom. The van der Waals surface area contributed by atoms with Gasteiger partial charge in [0.1, 0.15) is 0 Å². The average Bonchev–Trinajstić information content (AvgIpc) is 3.07. The summed E-state index contributed by atoms with van der Waals surface area (Å²) in [5.41, 5.74) is 0.958. The molecule has 0 spiro atoms. The van der Waals surface area contributed by atoms with Crippen molar-refractivity contribution in [1.29, 1.82) is 0 Å². The molecule has 0 aliphatic rings. The van der Waals surface area contributed by atoms with Crippen molar-refractivity contribution in [3.63, 3.8) is 0 Å². The van der Waals surface area contributed by atoms with Crippen LogP contribution in [0.4, 0.5) is 5.13 Å². The van der Waals surface area contributed by atoms with E-state index in [1.807, 2.05) is 53.4 Å². The lowest BCUT2D eigenvalue weighted by atomic mass is 10.3. The van der Waals surface area contributed by atoms with E-state index in [4.69, 9.17) is 4.98 Å². The Morgan fingerprint density at radius 3 is 2.58 bits per heavy atom. The van der Waals surface area contributed by atoms with Gasteiger partial charge in [0.25, 0.3) is 0 Å². The van der Waals surface area contributed by atoms with Crippen LogP contribution >= 0.6 is 23.1 Å². The predicted molar refractivity (Wildman–Crippen MR) is 111 cm³/mol. The number of carbonyl (C=O) groups excluding carboxylic acids is 1. The summed E-state index contributed by atoms with van der Waals surface area (Å²) in [4.78, 5) is 22.0. The number of para-hydroxylation sites is 1. The first-order chi connectivity index (χ1) is 12.6. The smallest absolute Gasteiger partial charge is 0.239 e. The fourth-order valence-corrected chi connectivity index (χ4v) is 4.44. The minimum absolute atomic E-state index is 0.117. The number of anilines is 1. The van der Waals surface area contributed by atoms with Gasteiger partial charge in [-0.3, -0.25) is 9.69 Å². The van der Waals surface area contributed by atoms with Crippen molar-refractivity contribution >= 4 is 44.4 Å². The first kappa shape index (κ1) is 18.9. The molecule has 0 saturated heterocycles. The van der Waals surface area contributed by atoms with Gasteiger partial charge in [-0.2, -0.15) is 0 Å². The summed E-state index contributed by atoms with van der Waals surface area (Å²) in [6, 6.07) is 18.1. The lowest BCUT2D eigenvalue weighted by Gasteiger charge is -2.20. The summed E-state index contributed by atoms with van der Waals surface area (Å²) in [5, 5.41) is 0.804. The molecule has 0 radical (unpaired) electrons. The number of fused-ring (bicyclic) bond motifs is 1. The second-order valence-corrected chi connectivity index (χ2v) is 8.48. The maximum absolute atomic E-state index is 12.9. The van der Waals surface area contributed by atoms with E-state index in [0.29, 0.717) is 12.3 Å². The van der Waals surface area contributed by atoms with Gasteiger partial charge in [-0.1, -0.05) is 41.7 Å². The van der Waals surface area contributed by atoms with Crippen LogP contribution in [-0.2, 0) is 4.79 Å². The summed E-state index contributed by atoms with van der Waals surface area (Å²) < 4.78 is 1.12. The molecule has 2 aromatic carbocycles. The number of hydrogen-bond acceptors (Lipinski definition) is 4. The minimum Gasteiger partial charge on any atom is -0.340 e. The van der Waals surface area contributed by atoms with Gasteiger partial charge in [-0.25, -0.2) is 4.98 Å². The normalized spacial score (nSPS) is 11.2. The van der Waals surface area contributed by atoms with Crippen molar-refractivity contribution in [2.24, 2.45) is 0 Å². The maximum Gasteiger partial charge on any atom is 0.239 e. The number of quaternary nitrogens is 1. The third kappa shape index (κ3) is 5.06. The van der Waals surface area contributed by atoms with Gasteiger partial charge in [0.05, 0.1) is 36.6 Å². The van der Waals surface area contributed by atoms with Crippen LogP contribution in [0.1, 0.15) is 6.42 Å². The van der Waals surface area contributed by atoms with E-state index in [9.17, 15) is 4.79 Å². The Morgan fingerprint density at radius 1 is 1.12 bits per heavy atom. The Bertz CT molecular complexity index is 815. The molecule has 1 amide bonds. The Kier molecular flexibility index (Phi) is 6.66. The molecule has 136 valence electrons. The number of aromatic nitrogens is 1. The first-order valence-electron chi connectivity index (χ1n) is 8.76. The molecule has 0 unspecified atom stereocenters. The molecule has 1 heterocycles. The summed E-state index contributed by atoms with van der Waals surface area (Å²) in [7, 11) is 4.27. The van der Waals surface area contributed by atoms with Crippen LogP contribution in [0.2, 0.25) is 0 Å². The SMILES string of the molecule is C[NH+](C)CCCN(C(=O)CSc1ccccc1)c1nc2ccccc2s1. The van der Waals surface area contributed by atoms with Gasteiger partial charge < -0.3 is 4.90 Å². The van der Waals surface area contributed by atoms with Crippen LogP contribution in [0.5, 0.6) is 0 Å². The largest absolute Gasteiger partial charge is 0.340 e. The molecule has 1 aromatic heterocycles. The fraction of sp³-hybridized carbons (Fsp3) is 0.300. The number of thioether (sulfide) groups is 1. The molecule has 0 atom stereocenters. The molecular weight excluding hydrogens is 362 g/mol. The quantitative estimate of drug-likeness (QED) is 0.605. The molecule has 4 nitrogen and oxygen atoms in total. The molecule has 0 aliphatic carbocycles. The van der Waals surface area contributed by atoms with Gasteiger partial charge >= 0.3 is 0 Å². The van der Waals surface area contributed by atoms with E-state index < -0.39 is 0 Å². The molecule has 6 heteroatoms. The summed E-state index contributed by atoms with van der Waals surface area (Å²) in [6.07, 6.45) is 0.958. The second kappa shape index (κ2) is 9.16. The summed E-state index contributed by atoms with van der Waals surface area (Å²) in [5.74, 6) is 0.543. The molecule has 1 N–H and O–H groups in total. The molecule has 0 bridgehead atoms. The number of thiazole rings is 1. The number of benzene rings is 2. The molecule has 26 heavy (non-hydrogen) atoms. The average molecular weight is 387 g/mol. The topological polar surface area (TPSA) is 37.6 Å². The van der Waals surface area contributed by atoms with Gasteiger partial charge in [0, 0.05) is 17.9 Å². The van der Waals surface area contributed by atoms with Crippen LogP contribution in [0.25, 0.3) is 10.2 Å². The van der Waals surface area contributed by atoms with Crippen LogP contribution < -0.4 is 9.80 Å². The van der Waals surface area contributed by atoms with E-state index >= 15 is 0 Å². The number of carbonyl (C=O) groups is 1. The lowest BCUT2D eigenvalue weighted by molar-refractivity contribution is -0.858. The molecule has 0 aliphatic heterocycles. The zero-order chi connectivity index (χ0) is 18.4.